The van der Waals surface area contributed by atoms with Crippen molar-refractivity contribution in [2.24, 2.45) is 0 Å². The zero-order chi connectivity index (χ0) is 21.7. The Morgan fingerprint density at radius 3 is 2.47 bits per heavy atom. The SMILES string of the molecule is COCc1ccc(C(=O)Nc2cc(S(=O)(=O)Nc3cccc(Cl)c3)ccc2O)cc1. The van der Waals surface area contributed by atoms with Gasteiger partial charge in [0.2, 0.25) is 0 Å². The number of methoxy groups -OCH3 is 1. The highest BCUT2D eigenvalue weighted by Gasteiger charge is 2.18. The summed E-state index contributed by atoms with van der Waals surface area (Å²) >= 11 is 5.89. The second-order valence-electron chi connectivity index (χ2n) is 6.38. The van der Waals surface area contributed by atoms with E-state index in [4.69, 9.17) is 16.3 Å². The zero-order valence-electron chi connectivity index (χ0n) is 15.9. The van der Waals surface area contributed by atoms with Gasteiger partial charge in [0.15, 0.2) is 0 Å². The Morgan fingerprint density at radius 1 is 1.07 bits per heavy atom. The molecule has 0 fully saturated rings. The van der Waals surface area contributed by atoms with E-state index in [0.717, 1.165) is 5.56 Å². The molecule has 3 rings (SSSR count). The Kier molecular flexibility index (Phi) is 6.61. The monoisotopic (exact) mass is 446 g/mol. The summed E-state index contributed by atoms with van der Waals surface area (Å²) in [6.45, 7) is 0.419. The maximum atomic E-state index is 12.7. The number of halogens is 1. The van der Waals surface area contributed by atoms with Crippen LogP contribution in [-0.4, -0.2) is 26.5 Å². The number of hydrogen-bond donors (Lipinski definition) is 3. The van der Waals surface area contributed by atoms with E-state index in [9.17, 15) is 18.3 Å². The van der Waals surface area contributed by atoms with Crippen molar-refractivity contribution < 1.29 is 23.1 Å². The molecule has 0 aliphatic heterocycles. The van der Waals surface area contributed by atoms with Gasteiger partial charge in [-0.25, -0.2) is 8.42 Å². The number of sulfonamides is 1. The number of carbonyl (C=O) groups is 1. The van der Waals surface area contributed by atoms with Crippen LogP contribution in [0.15, 0.2) is 71.6 Å². The summed E-state index contributed by atoms with van der Waals surface area (Å²) in [5.41, 5.74) is 1.50. The quantitative estimate of drug-likeness (QED) is 0.471. The van der Waals surface area contributed by atoms with Crippen molar-refractivity contribution >= 4 is 38.9 Å². The molecule has 0 atom stereocenters. The van der Waals surface area contributed by atoms with E-state index < -0.39 is 15.9 Å². The molecule has 0 radical (unpaired) electrons. The minimum Gasteiger partial charge on any atom is -0.506 e. The van der Waals surface area contributed by atoms with E-state index in [2.05, 4.69) is 10.0 Å². The van der Waals surface area contributed by atoms with Crippen LogP contribution in [0.3, 0.4) is 0 Å². The van der Waals surface area contributed by atoms with Gasteiger partial charge in [0.25, 0.3) is 15.9 Å². The van der Waals surface area contributed by atoms with Crippen molar-refractivity contribution in [2.75, 3.05) is 17.1 Å². The van der Waals surface area contributed by atoms with Crippen molar-refractivity contribution in [2.45, 2.75) is 11.5 Å². The third-order valence-corrected chi connectivity index (χ3v) is 5.74. The van der Waals surface area contributed by atoms with E-state index in [1.807, 2.05) is 0 Å². The van der Waals surface area contributed by atoms with Gasteiger partial charge in [-0.05, 0) is 54.1 Å². The van der Waals surface area contributed by atoms with Gasteiger partial charge in [0.1, 0.15) is 5.75 Å². The number of amides is 1. The van der Waals surface area contributed by atoms with Gasteiger partial charge in [-0.2, -0.15) is 0 Å². The second-order valence-corrected chi connectivity index (χ2v) is 8.50. The van der Waals surface area contributed by atoms with Gasteiger partial charge in [-0.15, -0.1) is 0 Å². The van der Waals surface area contributed by atoms with Crippen molar-refractivity contribution in [1.29, 1.82) is 0 Å². The summed E-state index contributed by atoms with van der Waals surface area (Å²) in [7, 11) is -2.39. The molecule has 0 heterocycles. The van der Waals surface area contributed by atoms with E-state index in [-0.39, 0.29) is 22.0 Å². The van der Waals surface area contributed by atoms with Gasteiger partial charge in [-0.3, -0.25) is 9.52 Å². The van der Waals surface area contributed by atoms with Crippen molar-refractivity contribution in [3.05, 3.63) is 82.9 Å². The molecule has 7 nitrogen and oxygen atoms in total. The summed E-state index contributed by atoms with van der Waals surface area (Å²) in [5, 5.41) is 13.0. The number of nitrogens with one attached hydrogen (secondary N) is 2. The Hall–Kier alpha value is -3.07. The molecule has 0 aliphatic carbocycles. The molecule has 0 aliphatic rings. The molecule has 0 spiro atoms. The van der Waals surface area contributed by atoms with Crippen LogP contribution in [0.25, 0.3) is 0 Å². The predicted octanol–water partition coefficient (Wildman–Crippen LogP) is 4.25. The Balaban J connectivity index is 1.81. The van der Waals surface area contributed by atoms with Crippen LogP contribution in [0, 0.1) is 0 Å². The number of phenols is 1. The number of anilines is 2. The molecule has 3 aromatic rings. The summed E-state index contributed by atoms with van der Waals surface area (Å²) in [6.07, 6.45) is 0. The summed E-state index contributed by atoms with van der Waals surface area (Å²) in [4.78, 5) is 12.4. The van der Waals surface area contributed by atoms with E-state index in [1.54, 1.807) is 49.6 Å². The van der Waals surface area contributed by atoms with Crippen molar-refractivity contribution in [1.82, 2.24) is 0 Å². The highest BCUT2D eigenvalue weighted by atomic mass is 35.5. The Morgan fingerprint density at radius 2 is 1.80 bits per heavy atom. The maximum absolute atomic E-state index is 12.7. The van der Waals surface area contributed by atoms with Crippen molar-refractivity contribution in [3.63, 3.8) is 0 Å². The lowest BCUT2D eigenvalue weighted by Gasteiger charge is -2.12. The highest BCUT2D eigenvalue weighted by molar-refractivity contribution is 7.92. The molecule has 1 amide bonds. The van der Waals surface area contributed by atoms with Crippen LogP contribution in [-0.2, 0) is 21.4 Å². The van der Waals surface area contributed by atoms with Crippen LogP contribution in [0.4, 0.5) is 11.4 Å². The normalized spacial score (nSPS) is 11.1. The van der Waals surface area contributed by atoms with Crippen LogP contribution in [0.1, 0.15) is 15.9 Å². The smallest absolute Gasteiger partial charge is 0.261 e. The van der Waals surface area contributed by atoms with Gasteiger partial charge in [0, 0.05) is 17.7 Å². The Bertz CT molecular complexity index is 1160. The minimum absolute atomic E-state index is 0.0325. The van der Waals surface area contributed by atoms with Gasteiger partial charge in [-0.1, -0.05) is 29.8 Å². The summed E-state index contributed by atoms with van der Waals surface area (Å²) in [6, 6.07) is 16.6. The zero-order valence-corrected chi connectivity index (χ0v) is 17.5. The molecule has 3 aromatic carbocycles. The van der Waals surface area contributed by atoms with Gasteiger partial charge >= 0.3 is 0 Å². The van der Waals surface area contributed by atoms with Gasteiger partial charge < -0.3 is 15.2 Å². The lowest BCUT2D eigenvalue weighted by Crippen LogP contribution is -2.15. The molecule has 30 heavy (non-hydrogen) atoms. The number of hydrogen-bond acceptors (Lipinski definition) is 5. The van der Waals surface area contributed by atoms with E-state index in [0.29, 0.717) is 17.2 Å². The number of ether oxygens (including phenoxy) is 1. The first-order chi connectivity index (χ1) is 14.3. The van der Waals surface area contributed by atoms with Crippen LogP contribution >= 0.6 is 11.6 Å². The second kappa shape index (κ2) is 9.17. The van der Waals surface area contributed by atoms with Crippen LogP contribution in [0.5, 0.6) is 5.75 Å². The highest BCUT2D eigenvalue weighted by Crippen LogP contribution is 2.28. The molecule has 0 saturated carbocycles. The van der Waals surface area contributed by atoms with E-state index >= 15 is 0 Å². The van der Waals surface area contributed by atoms with Crippen molar-refractivity contribution in [3.8, 4) is 5.75 Å². The molecule has 0 bridgehead atoms. The maximum Gasteiger partial charge on any atom is 0.261 e. The standard InChI is InChI=1S/C21H19ClN2O5S/c1-29-13-14-5-7-15(8-6-14)21(26)23-19-12-18(9-10-20(19)25)30(27,28)24-17-4-2-3-16(22)11-17/h2-12,24-25H,13H2,1H3,(H,23,26). The fraction of sp³-hybridized carbons (Fsp3) is 0.0952. The number of phenolic OH excluding ortho intramolecular Hbond substituents is 1. The average Bonchev–Trinajstić information content (AvgIpc) is 2.70. The number of benzene rings is 3. The van der Waals surface area contributed by atoms with Crippen LogP contribution in [0.2, 0.25) is 5.02 Å². The Labute approximate surface area is 179 Å². The number of carbonyl (C=O) groups excluding carboxylic acids is 1. The summed E-state index contributed by atoms with van der Waals surface area (Å²) < 4.78 is 32.8. The molecule has 156 valence electrons. The fourth-order valence-electron chi connectivity index (χ4n) is 2.66. The predicted molar refractivity (Wildman–Crippen MR) is 115 cm³/mol. The minimum atomic E-state index is -3.97. The fourth-order valence-corrected chi connectivity index (χ4v) is 3.93. The molecule has 0 saturated heterocycles. The molecule has 0 aromatic heterocycles. The third-order valence-electron chi connectivity index (χ3n) is 4.13. The molecular weight excluding hydrogens is 428 g/mol. The molecule has 9 heteroatoms. The molecule has 0 unspecified atom stereocenters. The first-order valence-corrected chi connectivity index (χ1v) is 10.7. The first kappa shape index (κ1) is 21.6. The topological polar surface area (TPSA) is 105 Å². The number of aromatic hydroxyl groups is 1. The lowest BCUT2D eigenvalue weighted by molar-refractivity contribution is 0.102. The first-order valence-electron chi connectivity index (χ1n) is 8.79. The number of rotatable bonds is 7. The van der Waals surface area contributed by atoms with Gasteiger partial charge in [0.05, 0.1) is 22.9 Å². The molecular formula is C21H19ClN2O5S. The average molecular weight is 447 g/mol. The van der Waals surface area contributed by atoms with E-state index in [1.165, 1.54) is 24.3 Å². The molecule has 3 N–H and O–H groups in total. The third kappa shape index (κ3) is 5.29. The largest absolute Gasteiger partial charge is 0.506 e. The summed E-state index contributed by atoms with van der Waals surface area (Å²) in [5.74, 6) is -0.757. The lowest BCUT2D eigenvalue weighted by atomic mass is 10.1. The van der Waals surface area contributed by atoms with Crippen LogP contribution < -0.4 is 10.0 Å².